The number of pyridine rings is 1. The Morgan fingerprint density at radius 3 is 2.27 bits per heavy atom. The summed E-state index contributed by atoms with van der Waals surface area (Å²) in [6, 6.07) is 16.7. The van der Waals surface area contributed by atoms with E-state index in [2.05, 4.69) is 25.4 Å². The van der Waals surface area contributed by atoms with Crippen LogP contribution in [0.3, 0.4) is 0 Å². The highest BCUT2D eigenvalue weighted by Crippen LogP contribution is 2.41. The second-order valence-electron chi connectivity index (χ2n) is 8.53. The van der Waals surface area contributed by atoms with Crippen molar-refractivity contribution in [3.63, 3.8) is 0 Å². The third kappa shape index (κ3) is 3.96. The Morgan fingerprint density at radius 1 is 0.919 bits per heavy atom. The second-order valence-corrected chi connectivity index (χ2v) is 8.53. The number of hydrogen-bond donors (Lipinski definition) is 3. The molecule has 0 spiro atoms. The van der Waals surface area contributed by atoms with Gasteiger partial charge in [0, 0.05) is 16.8 Å². The van der Waals surface area contributed by atoms with Crippen LogP contribution in [0.5, 0.6) is 5.75 Å². The molecular weight excluding hydrogens is 468 g/mol. The minimum Gasteiger partial charge on any atom is -0.507 e. The molecule has 0 saturated carbocycles. The molecule has 1 aromatic heterocycles. The number of phenolic OH excluding ortho intramolecular Hbond substituents is 1. The highest BCUT2D eigenvalue weighted by atomic mass is 16.3. The van der Waals surface area contributed by atoms with E-state index in [9.17, 15) is 14.7 Å². The number of nitrogens with zero attached hydrogens (tertiary/aromatic N) is 4. The Balaban J connectivity index is 1.62. The van der Waals surface area contributed by atoms with E-state index in [4.69, 9.17) is 12.3 Å². The van der Waals surface area contributed by atoms with E-state index < -0.39 is 11.6 Å². The van der Waals surface area contributed by atoms with Gasteiger partial charge in [0.15, 0.2) is 17.4 Å². The number of aromatic nitrogens is 1. The summed E-state index contributed by atoms with van der Waals surface area (Å²) in [7, 11) is 0. The molecular formula is C28H20N6O3. The highest BCUT2D eigenvalue weighted by Gasteiger charge is 2.33. The lowest BCUT2D eigenvalue weighted by Gasteiger charge is -2.19. The van der Waals surface area contributed by atoms with Crippen molar-refractivity contribution in [3.8, 4) is 5.75 Å². The lowest BCUT2D eigenvalue weighted by molar-refractivity contribution is 0.0977. The minimum atomic E-state index is -0.470. The number of anilines is 3. The van der Waals surface area contributed by atoms with Gasteiger partial charge in [0.2, 0.25) is 5.69 Å². The average molecular weight is 489 g/mol. The Kier molecular flexibility index (Phi) is 5.70. The summed E-state index contributed by atoms with van der Waals surface area (Å²) in [5, 5.41) is 22.1. The van der Waals surface area contributed by atoms with E-state index in [1.807, 2.05) is 31.2 Å². The third-order valence-corrected chi connectivity index (χ3v) is 6.12. The first-order valence-corrected chi connectivity index (χ1v) is 11.3. The lowest BCUT2D eigenvalue weighted by Crippen LogP contribution is -2.21. The molecule has 0 radical (unpaired) electrons. The summed E-state index contributed by atoms with van der Waals surface area (Å²) < 4.78 is 0. The maximum Gasteiger partial charge on any atom is 0.233 e. The molecule has 0 unspecified atom stereocenters. The van der Waals surface area contributed by atoms with Gasteiger partial charge in [0.25, 0.3) is 0 Å². The zero-order valence-electron chi connectivity index (χ0n) is 19.9. The number of fused-ring (bicyclic) bond motifs is 2. The summed E-state index contributed by atoms with van der Waals surface area (Å²) in [5.41, 5.74) is 9.19. The van der Waals surface area contributed by atoms with Crippen LogP contribution in [0.2, 0.25) is 0 Å². The summed E-state index contributed by atoms with van der Waals surface area (Å²) >= 11 is 0. The van der Waals surface area contributed by atoms with E-state index >= 15 is 0 Å². The Hall–Kier alpha value is -5.36. The fourth-order valence-electron chi connectivity index (χ4n) is 4.22. The summed E-state index contributed by atoms with van der Waals surface area (Å²) in [6.45, 7) is 11.2. The maximum absolute atomic E-state index is 13.3. The molecule has 0 fully saturated rings. The predicted molar refractivity (Wildman–Crippen MR) is 140 cm³/mol. The van der Waals surface area contributed by atoms with Crippen LogP contribution in [-0.2, 0) is 0 Å². The Bertz CT molecular complexity index is 1680. The van der Waals surface area contributed by atoms with Gasteiger partial charge < -0.3 is 16.2 Å². The molecule has 180 valence electrons. The number of rotatable bonds is 4. The SMILES string of the molecule is [C-]#[N+]c1c(N)nc(Nc2ccc(C)cc2)c(N=Nc2cccc3c2C(=O)c2cccc(O)c2C3=O)c1C. The number of nitrogens with one attached hydrogen (secondary N) is 1. The van der Waals surface area contributed by atoms with Gasteiger partial charge in [-0.2, -0.15) is 0 Å². The predicted octanol–water partition coefficient (Wildman–Crippen LogP) is 6.47. The molecule has 1 heterocycles. The first kappa shape index (κ1) is 23.4. The Morgan fingerprint density at radius 2 is 1.57 bits per heavy atom. The van der Waals surface area contributed by atoms with Crippen LogP contribution in [0.1, 0.15) is 43.0 Å². The number of aryl methyl sites for hydroxylation is 1. The van der Waals surface area contributed by atoms with Crippen molar-refractivity contribution in [2.45, 2.75) is 13.8 Å². The van der Waals surface area contributed by atoms with Crippen LogP contribution in [0.15, 0.2) is 70.9 Å². The molecule has 0 amide bonds. The van der Waals surface area contributed by atoms with Crippen molar-refractivity contribution in [3.05, 3.63) is 105 Å². The quantitative estimate of drug-likeness (QED) is 0.196. The highest BCUT2D eigenvalue weighted by molar-refractivity contribution is 6.30. The van der Waals surface area contributed by atoms with Crippen molar-refractivity contribution in [1.82, 2.24) is 4.98 Å². The van der Waals surface area contributed by atoms with Gasteiger partial charge in [0.05, 0.1) is 23.4 Å². The number of phenols is 1. The van der Waals surface area contributed by atoms with Crippen molar-refractivity contribution >= 4 is 46.0 Å². The fourth-order valence-corrected chi connectivity index (χ4v) is 4.22. The molecule has 1 aliphatic rings. The number of nitrogen functional groups attached to an aromatic ring is 1. The van der Waals surface area contributed by atoms with E-state index in [1.165, 1.54) is 24.3 Å². The lowest BCUT2D eigenvalue weighted by atomic mass is 9.83. The van der Waals surface area contributed by atoms with Crippen LogP contribution in [0.4, 0.5) is 34.4 Å². The van der Waals surface area contributed by atoms with Crippen LogP contribution in [0.25, 0.3) is 4.85 Å². The molecule has 0 saturated heterocycles. The number of benzene rings is 3. The fraction of sp³-hybridized carbons (Fsp3) is 0.0714. The van der Waals surface area contributed by atoms with Crippen molar-refractivity contribution < 1.29 is 14.7 Å². The molecule has 0 atom stereocenters. The summed E-state index contributed by atoms with van der Waals surface area (Å²) in [5.74, 6) is -0.826. The molecule has 3 aromatic carbocycles. The van der Waals surface area contributed by atoms with Gasteiger partial charge in [-0.3, -0.25) is 9.59 Å². The number of ketones is 2. The van der Waals surface area contributed by atoms with Gasteiger partial charge in [-0.25, -0.2) is 9.83 Å². The summed E-state index contributed by atoms with van der Waals surface area (Å²) in [6.07, 6.45) is 0. The molecule has 4 N–H and O–H groups in total. The van der Waals surface area contributed by atoms with E-state index in [1.54, 1.807) is 19.1 Å². The standard InChI is InChI=1S/C28H20N6O3/c1-14-10-12-16(13-11-14)31-28-24(15(2)23(30-3)27(29)32-28)34-33-19-8-4-6-17-21(19)25(36)18-7-5-9-20(35)22(18)26(17)37/h4-13,35H,1-2H3,(H3,29,31,32). The third-order valence-electron chi connectivity index (χ3n) is 6.12. The molecule has 0 bridgehead atoms. The number of carbonyl (C=O) groups is 2. The largest absolute Gasteiger partial charge is 0.507 e. The van der Waals surface area contributed by atoms with E-state index in [0.717, 1.165) is 11.3 Å². The van der Waals surface area contributed by atoms with Crippen LogP contribution >= 0.6 is 0 Å². The van der Waals surface area contributed by atoms with Crippen LogP contribution in [0, 0.1) is 20.4 Å². The van der Waals surface area contributed by atoms with Crippen molar-refractivity contribution in [2.24, 2.45) is 10.2 Å². The first-order chi connectivity index (χ1) is 17.8. The first-order valence-electron chi connectivity index (χ1n) is 11.3. The summed E-state index contributed by atoms with van der Waals surface area (Å²) in [4.78, 5) is 34.3. The normalized spacial score (nSPS) is 12.2. The van der Waals surface area contributed by atoms with Crippen LogP contribution < -0.4 is 11.1 Å². The van der Waals surface area contributed by atoms with Gasteiger partial charge in [-0.1, -0.05) is 42.0 Å². The van der Waals surface area contributed by atoms with E-state index in [-0.39, 0.29) is 56.7 Å². The monoisotopic (exact) mass is 488 g/mol. The number of carbonyl (C=O) groups excluding carboxylic acids is 2. The number of aromatic hydroxyl groups is 1. The minimum absolute atomic E-state index is 0.0287. The number of hydrogen-bond acceptors (Lipinski definition) is 8. The molecule has 37 heavy (non-hydrogen) atoms. The van der Waals surface area contributed by atoms with Crippen molar-refractivity contribution in [2.75, 3.05) is 11.1 Å². The molecule has 4 aromatic rings. The van der Waals surface area contributed by atoms with Gasteiger partial charge in [-0.05, 0) is 43.7 Å². The second kappa shape index (κ2) is 9.02. The average Bonchev–Trinajstić information content (AvgIpc) is 2.88. The van der Waals surface area contributed by atoms with Gasteiger partial charge >= 0.3 is 0 Å². The van der Waals surface area contributed by atoms with E-state index in [0.29, 0.717) is 5.56 Å². The van der Waals surface area contributed by atoms with Crippen molar-refractivity contribution in [1.29, 1.82) is 0 Å². The molecule has 0 aliphatic heterocycles. The zero-order valence-corrected chi connectivity index (χ0v) is 19.9. The molecule has 1 aliphatic carbocycles. The van der Waals surface area contributed by atoms with Gasteiger partial charge in [0.1, 0.15) is 17.3 Å². The molecule has 9 heteroatoms. The smallest absolute Gasteiger partial charge is 0.233 e. The zero-order chi connectivity index (χ0) is 26.3. The molecule has 5 rings (SSSR count). The molecule has 9 nitrogen and oxygen atoms in total. The topological polar surface area (TPSA) is 134 Å². The number of nitrogens with two attached hydrogens (primary N) is 1. The maximum atomic E-state index is 13.3. The number of azo groups is 1. The Labute approximate surface area is 212 Å². The van der Waals surface area contributed by atoms with Crippen LogP contribution in [-0.4, -0.2) is 21.7 Å². The van der Waals surface area contributed by atoms with Gasteiger partial charge in [-0.15, -0.1) is 10.2 Å².